The first-order valence-electron chi connectivity index (χ1n) is 3.67. The summed E-state index contributed by atoms with van der Waals surface area (Å²) in [5, 5.41) is 8.37. The maximum absolute atomic E-state index is 13.4. The van der Waals surface area contributed by atoms with Crippen LogP contribution in [0, 0.1) is 11.6 Å². The van der Waals surface area contributed by atoms with E-state index in [2.05, 4.69) is 31.9 Å². The van der Waals surface area contributed by atoms with Crippen molar-refractivity contribution in [2.45, 2.75) is 0 Å². The van der Waals surface area contributed by atoms with Gasteiger partial charge in [-0.15, -0.1) is 0 Å². The van der Waals surface area contributed by atoms with Gasteiger partial charge in [-0.25, -0.2) is 13.6 Å². The molecule has 0 aliphatic rings. The molecule has 0 amide bonds. The summed E-state index contributed by atoms with van der Waals surface area (Å²) in [6.45, 7) is 0. The lowest BCUT2D eigenvalue weighted by Crippen LogP contribution is -1.92. The van der Waals surface area contributed by atoms with Crippen LogP contribution < -0.4 is 0 Å². The zero-order chi connectivity index (χ0) is 11.6. The van der Waals surface area contributed by atoms with E-state index in [1.54, 1.807) is 0 Å². The maximum Gasteiger partial charge on any atom is 0.328 e. The number of carbonyl (C=O) groups is 1. The van der Waals surface area contributed by atoms with E-state index in [0.29, 0.717) is 0 Å². The molecule has 0 aromatic heterocycles. The quantitative estimate of drug-likeness (QED) is 0.659. The predicted octanol–water partition coefficient (Wildman–Crippen LogP) is 3.59. The van der Waals surface area contributed by atoms with Crippen molar-refractivity contribution in [1.29, 1.82) is 0 Å². The van der Waals surface area contributed by atoms with Gasteiger partial charge in [-0.3, -0.25) is 0 Å². The number of hydrogen-bond acceptors (Lipinski definition) is 1. The molecule has 0 fully saturated rings. The Bertz CT molecular complexity index is 418. The second-order valence-corrected chi connectivity index (χ2v) is 4.20. The standard InChI is InChI=1S/C9H4Br2F2O2/c10-5-3-6(12)8(11)4(9(5)13)1-2-7(14)15/h1-3H,(H,14,15)/b2-1+. The second kappa shape index (κ2) is 4.85. The van der Waals surface area contributed by atoms with E-state index in [0.717, 1.165) is 18.2 Å². The van der Waals surface area contributed by atoms with Gasteiger partial charge in [0.15, 0.2) is 0 Å². The topological polar surface area (TPSA) is 37.3 Å². The van der Waals surface area contributed by atoms with Crippen LogP contribution in [0.4, 0.5) is 8.78 Å². The second-order valence-electron chi connectivity index (χ2n) is 2.55. The van der Waals surface area contributed by atoms with Crippen molar-refractivity contribution < 1.29 is 18.7 Å². The highest BCUT2D eigenvalue weighted by Gasteiger charge is 2.13. The van der Waals surface area contributed by atoms with Crippen molar-refractivity contribution in [1.82, 2.24) is 0 Å². The molecule has 0 aliphatic heterocycles. The summed E-state index contributed by atoms with van der Waals surface area (Å²) in [7, 11) is 0. The van der Waals surface area contributed by atoms with Gasteiger partial charge in [0.2, 0.25) is 0 Å². The highest BCUT2D eigenvalue weighted by molar-refractivity contribution is 9.11. The van der Waals surface area contributed by atoms with Gasteiger partial charge < -0.3 is 5.11 Å². The highest BCUT2D eigenvalue weighted by atomic mass is 79.9. The van der Waals surface area contributed by atoms with E-state index < -0.39 is 17.6 Å². The normalized spacial score (nSPS) is 10.9. The van der Waals surface area contributed by atoms with Gasteiger partial charge >= 0.3 is 5.97 Å². The molecule has 0 atom stereocenters. The van der Waals surface area contributed by atoms with Gasteiger partial charge in [0.1, 0.15) is 11.6 Å². The number of rotatable bonds is 2. The fourth-order valence-corrected chi connectivity index (χ4v) is 1.73. The molecule has 1 aromatic rings. The average Bonchev–Trinajstić information content (AvgIpc) is 2.14. The van der Waals surface area contributed by atoms with E-state index in [1.165, 1.54) is 0 Å². The monoisotopic (exact) mass is 340 g/mol. The minimum Gasteiger partial charge on any atom is -0.478 e. The lowest BCUT2D eigenvalue weighted by molar-refractivity contribution is -0.131. The van der Waals surface area contributed by atoms with E-state index in [-0.39, 0.29) is 14.5 Å². The fourth-order valence-electron chi connectivity index (χ4n) is 0.893. The van der Waals surface area contributed by atoms with Crippen LogP contribution in [0.15, 0.2) is 21.1 Å². The highest BCUT2D eigenvalue weighted by Crippen LogP contribution is 2.30. The first-order valence-corrected chi connectivity index (χ1v) is 5.26. The lowest BCUT2D eigenvalue weighted by Gasteiger charge is -2.04. The molecule has 0 radical (unpaired) electrons. The number of carboxylic acid groups (broad SMARTS) is 1. The Morgan fingerprint density at radius 1 is 1.40 bits per heavy atom. The molecule has 0 aliphatic carbocycles. The van der Waals surface area contributed by atoms with Crippen LogP contribution in [0.2, 0.25) is 0 Å². The zero-order valence-corrected chi connectivity index (χ0v) is 10.3. The van der Waals surface area contributed by atoms with Crippen LogP contribution >= 0.6 is 31.9 Å². The lowest BCUT2D eigenvalue weighted by atomic mass is 10.2. The van der Waals surface area contributed by atoms with E-state index >= 15 is 0 Å². The molecule has 0 saturated carbocycles. The molecule has 80 valence electrons. The van der Waals surface area contributed by atoms with Crippen molar-refractivity contribution in [2.75, 3.05) is 0 Å². The summed E-state index contributed by atoms with van der Waals surface area (Å²) in [5.41, 5.74) is -0.149. The first-order chi connectivity index (χ1) is 6.93. The summed E-state index contributed by atoms with van der Waals surface area (Å²) in [4.78, 5) is 10.2. The Labute approximate surface area is 101 Å². The minimum absolute atomic E-state index is 0.0618. The third-order valence-corrected chi connectivity index (χ3v) is 2.92. The van der Waals surface area contributed by atoms with Crippen LogP contribution in [0.5, 0.6) is 0 Å². The van der Waals surface area contributed by atoms with Crippen LogP contribution in [0.25, 0.3) is 6.08 Å². The molecule has 0 saturated heterocycles. The van der Waals surface area contributed by atoms with Crippen molar-refractivity contribution >= 4 is 43.9 Å². The number of hydrogen-bond donors (Lipinski definition) is 1. The number of aliphatic carboxylic acids is 1. The number of benzene rings is 1. The average molecular weight is 342 g/mol. The minimum atomic E-state index is -1.23. The third-order valence-electron chi connectivity index (χ3n) is 1.54. The SMILES string of the molecule is O=C(O)/C=C/c1c(F)c(Br)cc(F)c1Br. The largest absolute Gasteiger partial charge is 0.478 e. The Kier molecular flexibility index (Phi) is 3.98. The summed E-state index contributed by atoms with van der Waals surface area (Å²) >= 11 is 5.66. The molecule has 0 heterocycles. The van der Waals surface area contributed by atoms with Crippen LogP contribution in [-0.4, -0.2) is 11.1 Å². The van der Waals surface area contributed by atoms with Crippen LogP contribution in [0.1, 0.15) is 5.56 Å². The molecule has 1 aromatic carbocycles. The summed E-state index contributed by atoms with van der Waals surface area (Å²) in [6.07, 6.45) is 1.71. The molecular weight excluding hydrogens is 338 g/mol. The van der Waals surface area contributed by atoms with E-state index in [4.69, 9.17) is 5.11 Å². The van der Waals surface area contributed by atoms with Crippen LogP contribution in [-0.2, 0) is 4.79 Å². The molecule has 1 N–H and O–H groups in total. The summed E-state index contributed by atoms with van der Waals surface area (Å²) < 4.78 is 26.4. The Balaban J connectivity index is 3.33. The Hall–Kier alpha value is -0.750. The Morgan fingerprint density at radius 3 is 2.53 bits per heavy atom. The molecule has 1 rings (SSSR count). The molecule has 2 nitrogen and oxygen atoms in total. The fraction of sp³-hybridized carbons (Fsp3) is 0. The maximum atomic E-state index is 13.4. The Morgan fingerprint density at radius 2 is 2.00 bits per heavy atom. The van der Waals surface area contributed by atoms with Crippen molar-refractivity contribution in [3.8, 4) is 0 Å². The molecule has 6 heteroatoms. The van der Waals surface area contributed by atoms with Gasteiger partial charge in [0, 0.05) is 11.6 Å². The number of halogens is 4. The molecule has 0 bridgehead atoms. The third kappa shape index (κ3) is 2.85. The van der Waals surface area contributed by atoms with Crippen molar-refractivity contribution in [3.63, 3.8) is 0 Å². The number of carboxylic acids is 1. The van der Waals surface area contributed by atoms with E-state index in [9.17, 15) is 13.6 Å². The zero-order valence-electron chi connectivity index (χ0n) is 7.10. The first kappa shape index (κ1) is 12.3. The predicted molar refractivity (Wildman–Crippen MR) is 58.4 cm³/mol. The molecule has 0 spiro atoms. The van der Waals surface area contributed by atoms with Gasteiger partial charge in [0.25, 0.3) is 0 Å². The molecular formula is C9H4Br2F2O2. The summed E-state index contributed by atoms with van der Waals surface area (Å²) in [5.74, 6) is -2.63. The van der Waals surface area contributed by atoms with Crippen molar-refractivity contribution in [3.05, 3.63) is 38.3 Å². The van der Waals surface area contributed by atoms with Gasteiger partial charge in [0.05, 0.1) is 8.95 Å². The van der Waals surface area contributed by atoms with Gasteiger partial charge in [-0.05, 0) is 44.0 Å². The van der Waals surface area contributed by atoms with Crippen molar-refractivity contribution in [2.24, 2.45) is 0 Å². The molecule has 15 heavy (non-hydrogen) atoms. The van der Waals surface area contributed by atoms with E-state index in [1.807, 2.05) is 0 Å². The van der Waals surface area contributed by atoms with Gasteiger partial charge in [-0.2, -0.15) is 0 Å². The van der Waals surface area contributed by atoms with Crippen LogP contribution in [0.3, 0.4) is 0 Å². The summed E-state index contributed by atoms with van der Waals surface area (Å²) in [6, 6.07) is 0.956. The molecule has 0 unspecified atom stereocenters. The smallest absolute Gasteiger partial charge is 0.328 e. The van der Waals surface area contributed by atoms with Gasteiger partial charge in [-0.1, -0.05) is 0 Å².